The molecule has 0 spiro atoms. The summed E-state index contributed by atoms with van der Waals surface area (Å²) in [5, 5.41) is 2.58. The number of amides is 2. The molecule has 1 heterocycles. The number of nitrogens with zero attached hydrogens (tertiary/aromatic N) is 1. The Kier molecular flexibility index (Phi) is 8.01. The topological polar surface area (TPSA) is 94.2 Å². The van der Waals surface area contributed by atoms with E-state index < -0.39 is 29.7 Å². The average molecular weight is 406 g/mol. The van der Waals surface area contributed by atoms with Crippen molar-refractivity contribution in [2.75, 3.05) is 20.3 Å². The summed E-state index contributed by atoms with van der Waals surface area (Å²) < 4.78 is 15.8. The van der Waals surface area contributed by atoms with Crippen LogP contribution in [-0.4, -0.2) is 60.8 Å². The van der Waals surface area contributed by atoms with E-state index in [1.807, 2.05) is 51.1 Å². The molecule has 2 rings (SSSR count). The molecule has 2 atom stereocenters. The molecule has 1 aliphatic rings. The van der Waals surface area contributed by atoms with Crippen LogP contribution in [0.2, 0.25) is 0 Å². The molecule has 1 saturated heterocycles. The van der Waals surface area contributed by atoms with Gasteiger partial charge in [-0.2, -0.15) is 0 Å². The summed E-state index contributed by atoms with van der Waals surface area (Å²) in [5.41, 5.74) is 0.336. The van der Waals surface area contributed by atoms with Crippen LogP contribution in [0.25, 0.3) is 0 Å². The van der Waals surface area contributed by atoms with E-state index in [0.29, 0.717) is 19.4 Å². The first-order valence-electron chi connectivity index (χ1n) is 9.71. The highest BCUT2D eigenvalue weighted by atomic mass is 16.6. The first-order chi connectivity index (χ1) is 13.7. The summed E-state index contributed by atoms with van der Waals surface area (Å²) in [5.74, 6) is -0.850. The van der Waals surface area contributed by atoms with Crippen LogP contribution in [0.3, 0.4) is 0 Å². The molecule has 2 amide bonds. The van der Waals surface area contributed by atoms with Crippen molar-refractivity contribution >= 4 is 18.0 Å². The van der Waals surface area contributed by atoms with Gasteiger partial charge in [-0.3, -0.25) is 4.79 Å². The van der Waals surface area contributed by atoms with E-state index in [4.69, 9.17) is 14.2 Å². The number of methoxy groups -OCH3 is 1. The summed E-state index contributed by atoms with van der Waals surface area (Å²) in [4.78, 5) is 38.8. The fourth-order valence-corrected chi connectivity index (χ4v) is 3.03. The van der Waals surface area contributed by atoms with Crippen molar-refractivity contribution in [1.82, 2.24) is 10.2 Å². The number of rotatable bonds is 7. The number of carbonyl (C=O) groups is 3. The molecule has 1 fully saturated rings. The van der Waals surface area contributed by atoms with E-state index >= 15 is 0 Å². The van der Waals surface area contributed by atoms with Crippen molar-refractivity contribution in [2.45, 2.75) is 57.9 Å². The van der Waals surface area contributed by atoms with E-state index in [0.717, 1.165) is 5.56 Å². The van der Waals surface area contributed by atoms with Crippen molar-refractivity contribution in [3.63, 3.8) is 0 Å². The third kappa shape index (κ3) is 7.05. The quantitative estimate of drug-likeness (QED) is 0.698. The van der Waals surface area contributed by atoms with Crippen molar-refractivity contribution in [3.8, 4) is 0 Å². The van der Waals surface area contributed by atoms with Crippen LogP contribution in [0.1, 0.15) is 39.2 Å². The third-order valence-electron chi connectivity index (χ3n) is 4.50. The molecule has 0 radical (unpaired) electrons. The fraction of sp³-hybridized carbons (Fsp3) is 0.571. The Morgan fingerprint density at radius 2 is 1.90 bits per heavy atom. The highest BCUT2D eigenvalue weighted by Gasteiger charge is 2.39. The Bertz CT molecular complexity index is 701. The molecule has 1 aliphatic heterocycles. The highest BCUT2D eigenvalue weighted by Crippen LogP contribution is 2.20. The number of carbonyl (C=O) groups excluding carboxylic acids is 3. The van der Waals surface area contributed by atoms with E-state index in [9.17, 15) is 14.4 Å². The summed E-state index contributed by atoms with van der Waals surface area (Å²) in [6, 6.07) is 7.62. The van der Waals surface area contributed by atoms with Gasteiger partial charge in [-0.1, -0.05) is 30.3 Å². The minimum absolute atomic E-state index is 0.0346. The molecule has 1 aromatic carbocycles. The van der Waals surface area contributed by atoms with Crippen LogP contribution < -0.4 is 5.32 Å². The van der Waals surface area contributed by atoms with Gasteiger partial charge in [-0.25, -0.2) is 9.59 Å². The second-order valence-corrected chi connectivity index (χ2v) is 7.89. The second kappa shape index (κ2) is 10.2. The molecule has 160 valence electrons. The van der Waals surface area contributed by atoms with Gasteiger partial charge >= 0.3 is 12.1 Å². The molecule has 29 heavy (non-hydrogen) atoms. The number of nitrogens with one attached hydrogen (secondary N) is 1. The summed E-state index contributed by atoms with van der Waals surface area (Å²) in [7, 11) is 1.29. The summed E-state index contributed by atoms with van der Waals surface area (Å²) >= 11 is 0. The predicted octanol–water partition coefficient (Wildman–Crippen LogP) is 2.26. The Morgan fingerprint density at radius 1 is 1.21 bits per heavy atom. The van der Waals surface area contributed by atoms with Crippen LogP contribution in [-0.2, 0) is 30.4 Å². The van der Waals surface area contributed by atoms with Gasteiger partial charge in [0.15, 0.2) is 0 Å². The monoisotopic (exact) mass is 406 g/mol. The van der Waals surface area contributed by atoms with Crippen molar-refractivity contribution in [3.05, 3.63) is 35.9 Å². The number of likely N-dealkylation sites (tertiary alicyclic amines) is 1. The molecule has 0 bridgehead atoms. The first kappa shape index (κ1) is 22.7. The third-order valence-corrected chi connectivity index (χ3v) is 4.50. The maximum absolute atomic E-state index is 13.1. The molecule has 0 aliphatic carbocycles. The zero-order chi connectivity index (χ0) is 21.4. The number of ether oxygens (including phenoxy) is 3. The Balaban J connectivity index is 2.04. The molecule has 8 nitrogen and oxygen atoms in total. The lowest BCUT2D eigenvalue weighted by Crippen LogP contribution is -2.54. The smallest absolute Gasteiger partial charge is 0.408 e. The van der Waals surface area contributed by atoms with Gasteiger partial charge in [0.25, 0.3) is 0 Å². The normalized spacial score (nSPS) is 17.5. The van der Waals surface area contributed by atoms with Gasteiger partial charge in [0, 0.05) is 6.54 Å². The van der Waals surface area contributed by atoms with E-state index in [1.165, 1.54) is 12.0 Å². The van der Waals surface area contributed by atoms with Gasteiger partial charge < -0.3 is 24.4 Å². The lowest BCUT2D eigenvalue weighted by Gasteiger charge is -2.29. The summed E-state index contributed by atoms with van der Waals surface area (Å²) in [6.45, 7) is 6.04. The number of benzene rings is 1. The zero-order valence-electron chi connectivity index (χ0n) is 17.5. The minimum Gasteiger partial charge on any atom is -0.467 e. The fourth-order valence-electron chi connectivity index (χ4n) is 3.03. The largest absolute Gasteiger partial charge is 0.467 e. The van der Waals surface area contributed by atoms with Crippen LogP contribution in [0.5, 0.6) is 0 Å². The zero-order valence-corrected chi connectivity index (χ0v) is 17.5. The maximum Gasteiger partial charge on any atom is 0.408 e. The van der Waals surface area contributed by atoms with Gasteiger partial charge in [0.2, 0.25) is 5.91 Å². The Morgan fingerprint density at radius 3 is 2.52 bits per heavy atom. The molecule has 1 N–H and O–H groups in total. The number of esters is 1. The van der Waals surface area contributed by atoms with E-state index in [-0.39, 0.29) is 19.1 Å². The summed E-state index contributed by atoms with van der Waals surface area (Å²) in [6.07, 6.45) is 0.499. The predicted molar refractivity (Wildman–Crippen MR) is 106 cm³/mol. The van der Waals surface area contributed by atoms with Crippen molar-refractivity contribution in [1.29, 1.82) is 0 Å². The minimum atomic E-state index is -0.970. The molecule has 0 saturated carbocycles. The SMILES string of the molecule is COC(=O)[C@@H]1CCCN1C(=O)[C@H](COC(C)(C)C)NC(=O)OCc1ccccc1. The standard InChI is InChI=1S/C21H30N2O6/c1-21(2,3)29-14-16(18(24)23-12-8-11-17(23)19(25)27-4)22-20(26)28-13-15-9-6-5-7-10-15/h5-7,9-10,16-17H,8,11-14H2,1-4H3,(H,22,26)/t16-,17-/m0/s1. The van der Waals surface area contributed by atoms with Gasteiger partial charge in [0.1, 0.15) is 18.7 Å². The van der Waals surface area contributed by atoms with Crippen LogP contribution in [0.4, 0.5) is 4.79 Å². The average Bonchev–Trinajstić information content (AvgIpc) is 3.18. The van der Waals surface area contributed by atoms with E-state index in [2.05, 4.69) is 5.32 Å². The van der Waals surface area contributed by atoms with Crippen LogP contribution in [0.15, 0.2) is 30.3 Å². The van der Waals surface area contributed by atoms with Crippen LogP contribution in [0, 0.1) is 0 Å². The lowest BCUT2D eigenvalue weighted by molar-refractivity contribution is -0.152. The van der Waals surface area contributed by atoms with E-state index in [1.54, 1.807) is 0 Å². The first-order valence-corrected chi connectivity index (χ1v) is 9.71. The van der Waals surface area contributed by atoms with Crippen molar-refractivity contribution < 1.29 is 28.6 Å². The highest BCUT2D eigenvalue weighted by molar-refractivity contribution is 5.90. The molecule has 0 aromatic heterocycles. The molecular weight excluding hydrogens is 376 g/mol. The second-order valence-electron chi connectivity index (χ2n) is 7.89. The Hall–Kier alpha value is -2.61. The molecular formula is C21H30N2O6. The van der Waals surface area contributed by atoms with Gasteiger partial charge in [-0.05, 0) is 39.2 Å². The number of hydrogen-bond donors (Lipinski definition) is 1. The molecule has 0 unspecified atom stereocenters. The number of hydrogen-bond acceptors (Lipinski definition) is 6. The van der Waals surface area contributed by atoms with Gasteiger partial charge in [0.05, 0.1) is 19.3 Å². The van der Waals surface area contributed by atoms with Crippen molar-refractivity contribution in [2.24, 2.45) is 0 Å². The van der Waals surface area contributed by atoms with Crippen LogP contribution >= 0.6 is 0 Å². The number of alkyl carbamates (subject to hydrolysis) is 1. The lowest BCUT2D eigenvalue weighted by atomic mass is 10.1. The Labute approximate surface area is 171 Å². The molecule has 8 heteroatoms. The van der Waals surface area contributed by atoms with Gasteiger partial charge in [-0.15, -0.1) is 0 Å². The maximum atomic E-state index is 13.1. The molecule has 1 aromatic rings.